The number of halogens is 4. The first-order valence-corrected chi connectivity index (χ1v) is 7.15. The van der Waals surface area contributed by atoms with Crippen LogP contribution < -0.4 is 10.6 Å². The molecular formula is C13H23F3IN5O. The molecule has 0 aliphatic rings. The van der Waals surface area contributed by atoms with E-state index in [1.807, 2.05) is 13.8 Å². The van der Waals surface area contributed by atoms with Crippen molar-refractivity contribution in [2.45, 2.75) is 45.2 Å². The Morgan fingerprint density at radius 2 is 1.91 bits per heavy atom. The molecule has 0 fully saturated rings. The lowest BCUT2D eigenvalue weighted by Crippen LogP contribution is -2.39. The normalized spacial score (nSPS) is 12.2. The smallest absolute Gasteiger partial charge is 0.356 e. The number of aromatic nitrogens is 2. The molecule has 23 heavy (non-hydrogen) atoms. The van der Waals surface area contributed by atoms with E-state index in [1.54, 1.807) is 0 Å². The van der Waals surface area contributed by atoms with Crippen LogP contribution in [-0.4, -0.2) is 42.4 Å². The molecule has 0 unspecified atom stereocenters. The third-order valence-corrected chi connectivity index (χ3v) is 2.78. The summed E-state index contributed by atoms with van der Waals surface area (Å²) >= 11 is 0. The third kappa shape index (κ3) is 9.61. The number of nitrogens with zero attached hydrogens (tertiary/aromatic N) is 3. The molecule has 0 aromatic carbocycles. The summed E-state index contributed by atoms with van der Waals surface area (Å²) in [6.07, 6.45) is -3.75. The second-order valence-electron chi connectivity index (χ2n) is 5.10. The monoisotopic (exact) mass is 449 g/mol. The summed E-state index contributed by atoms with van der Waals surface area (Å²) in [4.78, 5) is 8.10. The maximum atomic E-state index is 12.0. The molecule has 0 aliphatic carbocycles. The van der Waals surface area contributed by atoms with Crippen molar-refractivity contribution in [1.29, 1.82) is 0 Å². The van der Waals surface area contributed by atoms with Crippen LogP contribution in [0.25, 0.3) is 0 Å². The Kier molecular flexibility index (Phi) is 10.2. The fourth-order valence-corrected chi connectivity index (χ4v) is 1.59. The van der Waals surface area contributed by atoms with E-state index in [4.69, 9.17) is 4.52 Å². The molecule has 0 bridgehead atoms. The topological polar surface area (TPSA) is 75.3 Å². The number of nitrogens with one attached hydrogen (secondary N) is 2. The van der Waals surface area contributed by atoms with Crippen LogP contribution in [0.3, 0.4) is 0 Å². The van der Waals surface area contributed by atoms with Crippen molar-refractivity contribution >= 4 is 29.9 Å². The van der Waals surface area contributed by atoms with Gasteiger partial charge in [0.1, 0.15) is 0 Å². The standard InChI is InChI=1S/C13H22F3N5O.HI/c1-9(2)11-20-10(22-21-11)5-4-7-18-12(17-3)19-8-6-13(14,15)16;/h9H,4-8H2,1-3H3,(H2,17,18,19);1H. The number of hydrogen-bond donors (Lipinski definition) is 2. The van der Waals surface area contributed by atoms with Crippen molar-refractivity contribution < 1.29 is 17.7 Å². The van der Waals surface area contributed by atoms with Gasteiger partial charge in [-0.2, -0.15) is 18.2 Å². The van der Waals surface area contributed by atoms with E-state index in [9.17, 15) is 13.2 Å². The summed E-state index contributed by atoms with van der Waals surface area (Å²) in [5, 5.41) is 9.41. The van der Waals surface area contributed by atoms with Crippen LogP contribution >= 0.6 is 24.0 Å². The SMILES string of the molecule is CN=C(NCCCc1nc(C(C)C)no1)NCCC(F)(F)F.I. The van der Waals surface area contributed by atoms with Gasteiger partial charge in [-0.05, 0) is 6.42 Å². The number of aryl methyl sites for hydroxylation is 1. The molecule has 10 heteroatoms. The largest absolute Gasteiger partial charge is 0.390 e. The first kappa shape index (κ1) is 21.9. The molecule has 0 saturated heterocycles. The second-order valence-corrected chi connectivity index (χ2v) is 5.10. The average Bonchev–Trinajstić information content (AvgIpc) is 2.89. The summed E-state index contributed by atoms with van der Waals surface area (Å²) in [6, 6.07) is 0. The van der Waals surface area contributed by atoms with Crippen molar-refractivity contribution in [1.82, 2.24) is 20.8 Å². The third-order valence-electron chi connectivity index (χ3n) is 2.78. The van der Waals surface area contributed by atoms with Gasteiger partial charge in [-0.25, -0.2) is 0 Å². The van der Waals surface area contributed by atoms with Crippen molar-refractivity contribution in [3.8, 4) is 0 Å². The Morgan fingerprint density at radius 3 is 2.43 bits per heavy atom. The average molecular weight is 449 g/mol. The van der Waals surface area contributed by atoms with E-state index < -0.39 is 12.6 Å². The van der Waals surface area contributed by atoms with Crippen LogP contribution in [0.1, 0.15) is 44.3 Å². The summed E-state index contributed by atoms with van der Waals surface area (Å²) in [7, 11) is 1.51. The number of aliphatic imine (C=N–C) groups is 1. The quantitative estimate of drug-likeness (QED) is 0.290. The van der Waals surface area contributed by atoms with E-state index in [-0.39, 0.29) is 36.4 Å². The van der Waals surface area contributed by atoms with Gasteiger partial charge in [0.15, 0.2) is 11.8 Å². The van der Waals surface area contributed by atoms with Crippen molar-refractivity contribution in [2.24, 2.45) is 4.99 Å². The van der Waals surface area contributed by atoms with Gasteiger partial charge >= 0.3 is 6.18 Å². The Labute approximate surface area is 150 Å². The number of alkyl halides is 3. The minimum Gasteiger partial charge on any atom is -0.356 e. The minimum atomic E-state index is -4.17. The van der Waals surface area contributed by atoms with Crippen LogP contribution in [0.15, 0.2) is 9.52 Å². The highest BCUT2D eigenvalue weighted by atomic mass is 127. The van der Waals surface area contributed by atoms with Crippen LogP contribution in [-0.2, 0) is 6.42 Å². The second kappa shape index (κ2) is 10.7. The molecule has 1 aromatic heterocycles. The van der Waals surface area contributed by atoms with Crippen LogP contribution in [0.4, 0.5) is 13.2 Å². The van der Waals surface area contributed by atoms with Gasteiger partial charge < -0.3 is 15.2 Å². The zero-order valence-electron chi connectivity index (χ0n) is 13.4. The predicted molar refractivity (Wildman–Crippen MR) is 92.2 cm³/mol. The van der Waals surface area contributed by atoms with Crippen molar-refractivity contribution in [3.63, 3.8) is 0 Å². The van der Waals surface area contributed by atoms with Crippen molar-refractivity contribution in [2.75, 3.05) is 20.1 Å². The van der Waals surface area contributed by atoms with E-state index in [1.165, 1.54) is 7.05 Å². The highest BCUT2D eigenvalue weighted by molar-refractivity contribution is 14.0. The highest BCUT2D eigenvalue weighted by Gasteiger charge is 2.26. The molecule has 134 valence electrons. The molecule has 0 amide bonds. The van der Waals surface area contributed by atoms with E-state index >= 15 is 0 Å². The lowest BCUT2D eigenvalue weighted by atomic mass is 10.2. The predicted octanol–water partition coefficient (Wildman–Crippen LogP) is 2.86. The summed E-state index contributed by atoms with van der Waals surface area (Å²) in [5.41, 5.74) is 0. The Balaban J connectivity index is 0.00000484. The molecule has 1 heterocycles. The van der Waals surface area contributed by atoms with Crippen LogP contribution in [0.5, 0.6) is 0 Å². The van der Waals surface area contributed by atoms with Crippen LogP contribution in [0.2, 0.25) is 0 Å². The number of rotatable bonds is 7. The van der Waals surface area contributed by atoms with E-state index in [2.05, 4.69) is 25.8 Å². The summed E-state index contributed by atoms with van der Waals surface area (Å²) in [5.74, 6) is 1.79. The van der Waals surface area contributed by atoms with Gasteiger partial charge in [0.25, 0.3) is 0 Å². The molecule has 0 spiro atoms. The molecule has 0 atom stereocenters. The summed E-state index contributed by atoms with van der Waals surface area (Å²) < 4.78 is 41.2. The zero-order valence-corrected chi connectivity index (χ0v) is 15.7. The molecule has 0 saturated carbocycles. The molecule has 2 N–H and O–H groups in total. The number of hydrogen-bond acceptors (Lipinski definition) is 4. The molecule has 0 aliphatic heterocycles. The molecule has 0 radical (unpaired) electrons. The van der Waals surface area contributed by atoms with E-state index in [0.29, 0.717) is 37.1 Å². The van der Waals surface area contributed by atoms with Gasteiger partial charge in [0.05, 0.1) is 6.42 Å². The van der Waals surface area contributed by atoms with Crippen molar-refractivity contribution in [3.05, 3.63) is 11.7 Å². The van der Waals surface area contributed by atoms with Gasteiger partial charge in [-0.3, -0.25) is 4.99 Å². The van der Waals surface area contributed by atoms with Gasteiger partial charge in [0.2, 0.25) is 5.89 Å². The molecule has 1 aromatic rings. The Morgan fingerprint density at radius 1 is 1.26 bits per heavy atom. The number of guanidine groups is 1. The maximum Gasteiger partial charge on any atom is 0.390 e. The summed E-state index contributed by atoms with van der Waals surface area (Å²) in [6.45, 7) is 4.30. The first-order chi connectivity index (χ1) is 10.3. The maximum absolute atomic E-state index is 12.0. The first-order valence-electron chi connectivity index (χ1n) is 7.15. The lowest BCUT2D eigenvalue weighted by molar-refractivity contribution is -0.132. The van der Waals surface area contributed by atoms with Gasteiger partial charge in [0, 0.05) is 32.5 Å². The zero-order chi connectivity index (χ0) is 16.6. The highest BCUT2D eigenvalue weighted by Crippen LogP contribution is 2.18. The van der Waals surface area contributed by atoms with Gasteiger partial charge in [-0.1, -0.05) is 19.0 Å². The molecule has 6 nitrogen and oxygen atoms in total. The van der Waals surface area contributed by atoms with Gasteiger partial charge in [-0.15, -0.1) is 24.0 Å². The minimum absolute atomic E-state index is 0. The Bertz CT molecular complexity index is 476. The molecule has 1 rings (SSSR count). The Hall–Kier alpha value is -1.07. The fraction of sp³-hybridized carbons (Fsp3) is 0.769. The molecular weight excluding hydrogens is 426 g/mol. The van der Waals surface area contributed by atoms with E-state index in [0.717, 1.165) is 0 Å². The van der Waals surface area contributed by atoms with Crippen LogP contribution in [0, 0.1) is 0 Å². The lowest BCUT2D eigenvalue weighted by Gasteiger charge is -2.12. The fourth-order valence-electron chi connectivity index (χ4n) is 1.59.